The molecule has 0 unspecified atom stereocenters. The maximum absolute atomic E-state index is 12.8. The van der Waals surface area contributed by atoms with E-state index < -0.39 is 0 Å². The molecule has 5 heteroatoms. The van der Waals surface area contributed by atoms with Crippen LogP contribution in [-0.2, 0) is 27.2 Å². The average Bonchev–Trinajstić information content (AvgIpc) is 2.97. The minimum absolute atomic E-state index is 0.155. The van der Waals surface area contributed by atoms with E-state index in [9.17, 15) is 4.79 Å². The van der Waals surface area contributed by atoms with Gasteiger partial charge < -0.3 is 9.31 Å². The van der Waals surface area contributed by atoms with E-state index in [2.05, 4.69) is 93.3 Å². The molecule has 2 fully saturated rings. The maximum atomic E-state index is 12.8. The molecule has 0 spiro atoms. The molecule has 4 rings (SSSR count). The predicted molar refractivity (Wildman–Crippen MR) is 138 cm³/mol. The Bertz CT molecular complexity index is 867. The van der Waals surface area contributed by atoms with Gasteiger partial charge in [-0.1, -0.05) is 67.1 Å². The van der Waals surface area contributed by atoms with Crippen molar-refractivity contribution in [3.05, 3.63) is 71.8 Å². The molecule has 0 atom stereocenters. The minimum atomic E-state index is -0.278. The first-order valence-electron chi connectivity index (χ1n) is 12.9. The zero-order valence-corrected chi connectivity index (χ0v) is 21.3. The molecule has 2 aromatic carbocycles. The van der Waals surface area contributed by atoms with Gasteiger partial charge in [0.25, 0.3) is 0 Å². The van der Waals surface area contributed by atoms with Crippen LogP contribution in [0.1, 0.15) is 70.9 Å². The summed E-state index contributed by atoms with van der Waals surface area (Å²) in [5.74, 6) is 0.653. The second-order valence-corrected chi connectivity index (χ2v) is 11.1. The fourth-order valence-corrected chi connectivity index (χ4v) is 5.00. The van der Waals surface area contributed by atoms with Crippen molar-refractivity contribution in [3.8, 4) is 0 Å². The molecule has 0 N–H and O–H groups in total. The van der Waals surface area contributed by atoms with Gasteiger partial charge in [0.1, 0.15) is 5.78 Å². The van der Waals surface area contributed by atoms with Crippen molar-refractivity contribution in [1.82, 2.24) is 4.90 Å². The molecule has 0 amide bonds. The Kier molecular flexibility index (Phi) is 7.96. The highest BCUT2D eigenvalue weighted by Crippen LogP contribution is 2.38. The van der Waals surface area contributed by atoms with Crippen molar-refractivity contribution in [1.29, 1.82) is 0 Å². The number of Topliss-reactive ketones (excluding diaryl/α,β-unsaturated/α-hetero) is 1. The second-order valence-electron chi connectivity index (χ2n) is 11.1. The molecule has 34 heavy (non-hydrogen) atoms. The fraction of sp³-hybridized carbons (Fsp3) is 0.552. The van der Waals surface area contributed by atoms with Gasteiger partial charge in [-0.25, -0.2) is 0 Å². The highest BCUT2D eigenvalue weighted by molar-refractivity contribution is 6.45. The lowest BCUT2D eigenvalue weighted by molar-refractivity contribution is -0.128. The van der Waals surface area contributed by atoms with E-state index in [1.54, 1.807) is 0 Å². The molecule has 1 heterocycles. The number of carbonyl (C=O) groups excluding carboxylic acids is 1. The van der Waals surface area contributed by atoms with Crippen LogP contribution in [0.15, 0.2) is 60.7 Å². The summed E-state index contributed by atoms with van der Waals surface area (Å²) in [7, 11) is -0.155. The molecule has 1 saturated carbocycles. The third kappa shape index (κ3) is 6.18. The molecule has 182 valence electrons. The number of rotatable bonds is 11. The zero-order chi connectivity index (χ0) is 24.2. The van der Waals surface area contributed by atoms with E-state index in [1.165, 1.54) is 11.1 Å². The van der Waals surface area contributed by atoms with Crippen molar-refractivity contribution in [2.75, 3.05) is 0 Å². The first-order chi connectivity index (χ1) is 16.2. The van der Waals surface area contributed by atoms with Crippen LogP contribution in [-0.4, -0.2) is 35.0 Å². The largest absolute Gasteiger partial charge is 0.457 e. The van der Waals surface area contributed by atoms with Crippen LogP contribution < -0.4 is 0 Å². The van der Waals surface area contributed by atoms with Crippen LogP contribution in [0.4, 0.5) is 0 Å². The average molecular weight is 461 g/mol. The van der Waals surface area contributed by atoms with Gasteiger partial charge in [0, 0.05) is 31.5 Å². The fourth-order valence-electron chi connectivity index (χ4n) is 5.00. The number of unbranched alkanes of at least 4 members (excludes halogenated alkanes) is 1. The van der Waals surface area contributed by atoms with Crippen molar-refractivity contribution >= 4 is 12.9 Å². The standard InChI is InChI=1S/C29H40BNO3/c1-28(2)29(3,4)34-30(33-28)18-12-11-17-27(32)25-19-26(20-25)31(21-23-13-7-5-8-14-23)22-24-15-9-6-10-16-24/h5-10,13-16,25-26H,11-12,17-22H2,1-4H3/t25-,26+. The van der Waals surface area contributed by atoms with E-state index in [0.29, 0.717) is 18.2 Å². The van der Waals surface area contributed by atoms with Crippen molar-refractivity contribution < 1.29 is 14.1 Å². The van der Waals surface area contributed by atoms with Crippen molar-refractivity contribution in [2.45, 2.75) is 96.5 Å². The lowest BCUT2D eigenvalue weighted by Gasteiger charge is -2.42. The summed E-state index contributed by atoms with van der Waals surface area (Å²) in [6, 6.07) is 21.8. The van der Waals surface area contributed by atoms with Crippen LogP contribution in [0.25, 0.3) is 0 Å². The lowest BCUT2D eigenvalue weighted by atomic mass is 9.74. The number of ketones is 1. The van der Waals surface area contributed by atoms with Gasteiger partial charge in [0.05, 0.1) is 11.2 Å². The highest BCUT2D eigenvalue weighted by atomic mass is 16.7. The summed E-state index contributed by atoms with van der Waals surface area (Å²) in [5.41, 5.74) is 2.10. The molecular formula is C29H40BNO3. The maximum Gasteiger partial charge on any atom is 0.457 e. The number of benzene rings is 2. The summed E-state index contributed by atoms with van der Waals surface area (Å²) in [6.45, 7) is 10.2. The SMILES string of the molecule is CC1(C)OB(CCCCC(=O)[C@H]2C[C@@H](N(Cc3ccccc3)Cc3ccccc3)C2)OC1(C)C. The van der Waals surface area contributed by atoms with Gasteiger partial charge >= 0.3 is 7.12 Å². The summed E-state index contributed by atoms with van der Waals surface area (Å²) in [6.07, 6.45) is 5.38. The Labute approximate surface area is 206 Å². The molecule has 1 aliphatic heterocycles. The second kappa shape index (κ2) is 10.8. The van der Waals surface area contributed by atoms with Crippen molar-refractivity contribution in [2.24, 2.45) is 5.92 Å². The Balaban J connectivity index is 1.22. The minimum Gasteiger partial charge on any atom is -0.403 e. The number of hydrogen-bond donors (Lipinski definition) is 0. The molecular weight excluding hydrogens is 421 g/mol. The summed E-state index contributed by atoms with van der Waals surface area (Å²) < 4.78 is 12.2. The third-order valence-electron chi connectivity index (χ3n) is 7.96. The normalized spacial score (nSPS) is 23.1. The Morgan fingerprint density at radius 2 is 1.35 bits per heavy atom. The van der Waals surface area contributed by atoms with Gasteiger partial charge in [-0.05, 0) is 64.4 Å². The first kappa shape index (κ1) is 25.2. The van der Waals surface area contributed by atoms with Crippen LogP contribution in [0, 0.1) is 5.92 Å². The van der Waals surface area contributed by atoms with Gasteiger partial charge in [0.15, 0.2) is 0 Å². The van der Waals surface area contributed by atoms with E-state index >= 15 is 0 Å². The third-order valence-corrected chi connectivity index (χ3v) is 7.96. The number of nitrogens with zero attached hydrogens (tertiary/aromatic N) is 1. The van der Waals surface area contributed by atoms with Gasteiger partial charge in [-0.3, -0.25) is 9.69 Å². The Morgan fingerprint density at radius 1 is 0.853 bits per heavy atom. The summed E-state index contributed by atoms with van der Waals surface area (Å²) in [5, 5.41) is 0. The van der Waals surface area contributed by atoms with Gasteiger partial charge in [-0.15, -0.1) is 0 Å². The van der Waals surface area contributed by atoms with Gasteiger partial charge in [-0.2, -0.15) is 0 Å². The summed E-state index contributed by atoms with van der Waals surface area (Å²) in [4.78, 5) is 15.4. The monoisotopic (exact) mass is 461 g/mol. The van der Waals surface area contributed by atoms with Crippen LogP contribution in [0.3, 0.4) is 0 Å². The van der Waals surface area contributed by atoms with Crippen LogP contribution in [0.5, 0.6) is 0 Å². The quantitative estimate of drug-likeness (QED) is 0.291. The van der Waals surface area contributed by atoms with E-state index in [4.69, 9.17) is 9.31 Å². The number of carbonyl (C=O) groups is 1. The molecule has 0 bridgehead atoms. The summed E-state index contributed by atoms with van der Waals surface area (Å²) >= 11 is 0. The smallest absolute Gasteiger partial charge is 0.403 e. The predicted octanol–water partition coefficient (Wildman–Crippen LogP) is 6.30. The van der Waals surface area contributed by atoms with E-state index in [-0.39, 0.29) is 24.2 Å². The molecule has 0 aromatic heterocycles. The van der Waals surface area contributed by atoms with Crippen molar-refractivity contribution in [3.63, 3.8) is 0 Å². The lowest BCUT2D eigenvalue weighted by Crippen LogP contribution is -2.46. The molecule has 1 saturated heterocycles. The number of hydrogen-bond acceptors (Lipinski definition) is 4. The topological polar surface area (TPSA) is 38.8 Å². The van der Waals surface area contributed by atoms with E-state index in [1.807, 2.05) is 0 Å². The molecule has 0 radical (unpaired) electrons. The molecule has 2 aromatic rings. The molecule has 4 nitrogen and oxygen atoms in total. The van der Waals surface area contributed by atoms with E-state index in [0.717, 1.165) is 45.1 Å². The first-order valence-corrected chi connectivity index (χ1v) is 12.9. The molecule has 2 aliphatic rings. The van der Waals surface area contributed by atoms with Gasteiger partial charge in [0.2, 0.25) is 0 Å². The Hall–Kier alpha value is -1.95. The Morgan fingerprint density at radius 3 is 1.85 bits per heavy atom. The van der Waals surface area contributed by atoms with Crippen LogP contribution in [0.2, 0.25) is 6.32 Å². The molecule has 1 aliphatic carbocycles. The van der Waals surface area contributed by atoms with Crippen LogP contribution >= 0.6 is 0 Å². The zero-order valence-electron chi connectivity index (χ0n) is 21.3. The highest BCUT2D eigenvalue weighted by Gasteiger charge is 2.50.